The summed E-state index contributed by atoms with van der Waals surface area (Å²) >= 11 is 0. The first-order valence-corrected chi connectivity index (χ1v) is 5.25. The van der Waals surface area contributed by atoms with E-state index in [2.05, 4.69) is 9.02 Å². The fraction of sp³-hybridized carbons (Fsp3) is 0.833. The number of rotatable bonds is 4. The van der Waals surface area contributed by atoms with Crippen molar-refractivity contribution in [3.05, 3.63) is 0 Å². The third kappa shape index (κ3) is 3.61. The van der Waals surface area contributed by atoms with E-state index in [4.69, 9.17) is 0 Å². The van der Waals surface area contributed by atoms with Gasteiger partial charge in [-0.25, -0.2) is 9.25 Å². The summed E-state index contributed by atoms with van der Waals surface area (Å²) in [6.45, 7) is 0.862. The lowest BCUT2D eigenvalue weighted by Gasteiger charge is -2.19. The Hall–Kier alpha value is -0.870. The molecule has 0 bridgehead atoms. The van der Waals surface area contributed by atoms with Gasteiger partial charge in [0.15, 0.2) is 6.10 Å². The van der Waals surface area contributed by atoms with Crippen molar-refractivity contribution in [3.63, 3.8) is 0 Å². The molecular weight excluding hydrogens is 255 g/mol. The Morgan fingerprint density at radius 2 is 1.81 bits per heavy atom. The Morgan fingerprint density at radius 3 is 2.12 bits per heavy atom. The van der Waals surface area contributed by atoms with Crippen LogP contribution in [-0.4, -0.2) is 45.2 Å². The number of halogens is 3. The average Bonchev–Trinajstić information content (AvgIpc) is 2.12. The van der Waals surface area contributed by atoms with E-state index in [0.29, 0.717) is 5.06 Å². The number of amides is 1. The van der Waals surface area contributed by atoms with E-state index in [-0.39, 0.29) is 0 Å². The van der Waals surface area contributed by atoms with Gasteiger partial charge in [-0.15, -0.1) is 0 Å². The molecule has 0 saturated heterocycles. The molecule has 0 heterocycles. The first kappa shape index (κ1) is 15.1. The smallest absolute Gasteiger partial charge is 0.274 e. The van der Waals surface area contributed by atoms with E-state index < -0.39 is 27.6 Å². The Bertz CT molecular complexity index is 352. The van der Waals surface area contributed by atoms with Crippen molar-refractivity contribution in [3.8, 4) is 0 Å². The maximum Gasteiger partial charge on any atom is 0.523 e. The molecule has 0 aromatic rings. The van der Waals surface area contributed by atoms with E-state index >= 15 is 0 Å². The minimum absolute atomic E-state index is 0.552. The molecule has 0 aromatic heterocycles. The van der Waals surface area contributed by atoms with Gasteiger partial charge >= 0.3 is 15.6 Å². The lowest BCUT2D eigenvalue weighted by Crippen LogP contribution is -2.39. The second-order valence-corrected chi connectivity index (χ2v) is 4.22. The lowest BCUT2D eigenvalue weighted by molar-refractivity contribution is -0.176. The van der Waals surface area contributed by atoms with Gasteiger partial charge in [0.25, 0.3) is 5.91 Å². The highest BCUT2D eigenvalue weighted by Gasteiger charge is 2.49. The lowest BCUT2D eigenvalue weighted by atomic mass is 10.4. The molecule has 0 fully saturated rings. The van der Waals surface area contributed by atoms with Crippen LogP contribution >= 0.6 is 0 Å². The summed E-state index contributed by atoms with van der Waals surface area (Å²) in [6, 6.07) is 0. The summed E-state index contributed by atoms with van der Waals surface area (Å²) < 4.78 is 60.3. The van der Waals surface area contributed by atoms with Crippen LogP contribution in [0.2, 0.25) is 0 Å². The summed E-state index contributed by atoms with van der Waals surface area (Å²) in [4.78, 5) is 15.5. The van der Waals surface area contributed by atoms with E-state index in [1.807, 2.05) is 0 Å². The van der Waals surface area contributed by atoms with Crippen LogP contribution in [0.1, 0.15) is 6.92 Å². The van der Waals surface area contributed by atoms with Crippen molar-refractivity contribution < 1.29 is 35.4 Å². The third-order valence-electron chi connectivity index (χ3n) is 1.49. The molecule has 0 radical (unpaired) electrons. The minimum atomic E-state index is -5.79. The summed E-state index contributed by atoms with van der Waals surface area (Å²) in [5, 5.41) is 0.552. The van der Waals surface area contributed by atoms with E-state index in [9.17, 15) is 26.4 Å². The van der Waals surface area contributed by atoms with Crippen molar-refractivity contribution in [2.24, 2.45) is 0 Å². The second kappa shape index (κ2) is 4.97. The predicted molar refractivity (Wildman–Crippen MR) is 45.3 cm³/mol. The number of carbonyl (C=O) groups excluding carboxylic acids is 1. The summed E-state index contributed by atoms with van der Waals surface area (Å²) in [6.07, 6.45) is -1.82. The van der Waals surface area contributed by atoms with Gasteiger partial charge in [0.05, 0.1) is 7.11 Å². The van der Waals surface area contributed by atoms with E-state index in [0.717, 1.165) is 21.1 Å². The Kier molecular flexibility index (Phi) is 4.70. The van der Waals surface area contributed by atoms with Crippen molar-refractivity contribution in [1.82, 2.24) is 5.06 Å². The summed E-state index contributed by atoms with van der Waals surface area (Å²) in [7, 11) is -3.60. The Morgan fingerprint density at radius 1 is 1.38 bits per heavy atom. The number of carbonyl (C=O) groups is 1. The van der Waals surface area contributed by atoms with Gasteiger partial charge in [-0.3, -0.25) is 9.63 Å². The highest BCUT2D eigenvalue weighted by Crippen LogP contribution is 2.25. The van der Waals surface area contributed by atoms with Crippen molar-refractivity contribution in [1.29, 1.82) is 0 Å². The average molecular weight is 265 g/mol. The van der Waals surface area contributed by atoms with Crippen molar-refractivity contribution in [2.75, 3.05) is 14.2 Å². The molecule has 0 aliphatic heterocycles. The third-order valence-corrected chi connectivity index (χ3v) is 2.60. The van der Waals surface area contributed by atoms with Crippen LogP contribution in [0.25, 0.3) is 0 Å². The SMILES string of the molecule is CON(C)C(=O)[C@H](C)OS(=O)(=O)C(F)(F)F. The molecule has 10 heteroatoms. The number of nitrogens with zero attached hydrogens (tertiary/aromatic N) is 1. The molecule has 96 valence electrons. The number of hydrogen-bond donors (Lipinski definition) is 0. The molecule has 1 amide bonds. The van der Waals surface area contributed by atoms with Crippen LogP contribution in [-0.2, 0) is 23.9 Å². The zero-order valence-corrected chi connectivity index (χ0v) is 9.42. The largest absolute Gasteiger partial charge is 0.523 e. The van der Waals surface area contributed by atoms with Gasteiger partial charge in [-0.2, -0.15) is 21.6 Å². The molecular formula is C6H10F3NO5S. The normalized spacial score (nSPS) is 14.6. The van der Waals surface area contributed by atoms with Crippen LogP contribution < -0.4 is 0 Å². The van der Waals surface area contributed by atoms with Gasteiger partial charge < -0.3 is 0 Å². The molecule has 0 unspecified atom stereocenters. The van der Waals surface area contributed by atoms with Gasteiger partial charge in [0.1, 0.15) is 0 Å². The minimum Gasteiger partial charge on any atom is -0.274 e. The van der Waals surface area contributed by atoms with Crippen LogP contribution in [0, 0.1) is 0 Å². The first-order valence-electron chi connectivity index (χ1n) is 3.84. The van der Waals surface area contributed by atoms with E-state index in [1.54, 1.807) is 0 Å². The zero-order chi connectivity index (χ0) is 13.1. The molecule has 0 rings (SSSR count). The van der Waals surface area contributed by atoms with Gasteiger partial charge in [-0.05, 0) is 6.92 Å². The maximum atomic E-state index is 11.9. The van der Waals surface area contributed by atoms with Gasteiger partial charge in [0.2, 0.25) is 0 Å². The molecule has 0 N–H and O–H groups in total. The molecule has 0 spiro atoms. The number of hydrogen-bond acceptors (Lipinski definition) is 5. The van der Waals surface area contributed by atoms with Gasteiger partial charge in [0, 0.05) is 7.05 Å². The monoisotopic (exact) mass is 265 g/mol. The molecule has 6 nitrogen and oxygen atoms in total. The topological polar surface area (TPSA) is 72.9 Å². The summed E-state index contributed by atoms with van der Waals surface area (Å²) in [5.74, 6) is -1.06. The summed E-state index contributed by atoms with van der Waals surface area (Å²) in [5.41, 5.74) is -5.56. The second-order valence-electron chi connectivity index (χ2n) is 2.66. The van der Waals surface area contributed by atoms with Crippen molar-refractivity contribution in [2.45, 2.75) is 18.5 Å². The predicted octanol–water partition coefficient (Wildman–Crippen LogP) is 0.261. The quantitative estimate of drug-likeness (QED) is 0.414. The number of hydroxylamine groups is 2. The molecule has 16 heavy (non-hydrogen) atoms. The molecule has 0 aliphatic rings. The Labute approximate surface area is 90.0 Å². The standard InChI is InChI=1S/C6H10F3NO5S/c1-4(5(11)10(2)14-3)15-16(12,13)6(7,8)9/h4H,1-3H3/t4-/m0/s1. The Balaban J connectivity index is 4.71. The molecule has 0 saturated carbocycles. The molecule has 1 atom stereocenters. The van der Waals surface area contributed by atoms with Crippen LogP contribution in [0.5, 0.6) is 0 Å². The highest BCUT2D eigenvalue weighted by molar-refractivity contribution is 7.87. The van der Waals surface area contributed by atoms with Crippen LogP contribution in [0.15, 0.2) is 0 Å². The number of alkyl halides is 3. The molecule has 0 aromatic carbocycles. The fourth-order valence-corrected chi connectivity index (χ4v) is 1.20. The zero-order valence-electron chi connectivity index (χ0n) is 8.61. The van der Waals surface area contributed by atoms with Crippen LogP contribution in [0.3, 0.4) is 0 Å². The fourth-order valence-electron chi connectivity index (χ4n) is 0.632. The van der Waals surface area contributed by atoms with E-state index in [1.165, 1.54) is 0 Å². The highest BCUT2D eigenvalue weighted by atomic mass is 32.2. The number of likely N-dealkylation sites (N-methyl/N-ethyl adjacent to an activating group) is 1. The first-order chi connectivity index (χ1) is 7.03. The molecule has 0 aliphatic carbocycles. The van der Waals surface area contributed by atoms with Gasteiger partial charge in [-0.1, -0.05) is 0 Å². The van der Waals surface area contributed by atoms with Crippen molar-refractivity contribution >= 4 is 16.0 Å². The maximum absolute atomic E-state index is 11.9. The van der Waals surface area contributed by atoms with Crippen LogP contribution in [0.4, 0.5) is 13.2 Å².